The summed E-state index contributed by atoms with van der Waals surface area (Å²) in [6.07, 6.45) is 3.95. The van der Waals surface area contributed by atoms with E-state index in [1.807, 2.05) is 0 Å². The smallest absolute Gasteiger partial charge is 0.132 e. The van der Waals surface area contributed by atoms with Crippen LogP contribution in [0.1, 0.15) is 44.3 Å². The molecule has 1 saturated carbocycles. The largest absolute Gasteiger partial charge is 0.490 e. The van der Waals surface area contributed by atoms with E-state index in [0.717, 1.165) is 12.8 Å². The van der Waals surface area contributed by atoms with Gasteiger partial charge < -0.3 is 9.84 Å². The van der Waals surface area contributed by atoms with E-state index in [1.165, 1.54) is 18.9 Å². The van der Waals surface area contributed by atoms with Gasteiger partial charge in [0.25, 0.3) is 0 Å². The molecule has 2 rings (SSSR count). The molecule has 16 heavy (non-hydrogen) atoms. The normalized spacial score (nSPS) is 18.7. The first-order chi connectivity index (χ1) is 7.66. The number of hydrogen-bond acceptors (Lipinski definition) is 2. The number of benzene rings is 1. The van der Waals surface area contributed by atoms with Gasteiger partial charge in [-0.2, -0.15) is 0 Å². The van der Waals surface area contributed by atoms with Crippen molar-refractivity contribution in [1.29, 1.82) is 0 Å². The third-order valence-corrected chi connectivity index (χ3v) is 3.03. The van der Waals surface area contributed by atoms with Crippen LogP contribution in [0.15, 0.2) is 18.2 Å². The minimum atomic E-state index is -0.777. The van der Waals surface area contributed by atoms with Gasteiger partial charge in [0.05, 0.1) is 12.2 Å². The molecule has 0 aliphatic heterocycles. The average Bonchev–Trinajstić information content (AvgIpc) is 2.70. The highest BCUT2D eigenvalue weighted by Crippen LogP contribution is 2.26. The molecular weight excluding hydrogens is 207 g/mol. The van der Waals surface area contributed by atoms with Crippen LogP contribution >= 0.6 is 0 Å². The van der Waals surface area contributed by atoms with Crippen LogP contribution in [0.2, 0.25) is 0 Å². The molecule has 1 atom stereocenters. The lowest BCUT2D eigenvalue weighted by molar-refractivity contribution is 0.192. The van der Waals surface area contributed by atoms with Crippen LogP contribution in [0.25, 0.3) is 0 Å². The van der Waals surface area contributed by atoms with E-state index in [0.29, 0.717) is 11.3 Å². The molecule has 1 aromatic rings. The number of aliphatic hydroxyl groups excluding tert-OH is 1. The maximum Gasteiger partial charge on any atom is 0.132 e. The van der Waals surface area contributed by atoms with Gasteiger partial charge in [-0.05, 0) is 44.7 Å². The topological polar surface area (TPSA) is 29.5 Å². The molecule has 1 aromatic carbocycles. The highest BCUT2D eigenvalue weighted by atomic mass is 19.1. The van der Waals surface area contributed by atoms with Crippen LogP contribution in [0.5, 0.6) is 5.75 Å². The van der Waals surface area contributed by atoms with Crippen molar-refractivity contribution in [2.75, 3.05) is 0 Å². The lowest BCUT2D eigenvalue weighted by Gasteiger charge is -2.14. The summed E-state index contributed by atoms with van der Waals surface area (Å²) in [7, 11) is 0. The molecule has 0 saturated heterocycles. The quantitative estimate of drug-likeness (QED) is 0.854. The lowest BCUT2D eigenvalue weighted by atomic mass is 10.1. The van der Waals surface area contributed by atoms with Crippen LogP contribution < -0.4 is 4.74 Å². The maximum absolute atomic E-state index is 13.5. The van der Waals surface area contributed by atoms with Crippen molar-refractivity contribution in [3.05, 3.63) is 29.6 Å². The summed E-state index contributed by atoms with van der Waals surface area (Å²) in [6, 6.07) is 4.67. The number of halogens is 1. The van der Waals surface area contributed by atoms with Gasteiger partial charge in [0.1, 0.15) is 11.6 Å². The zero-order valence-corrected chi connectivity index (χ0v) is 9.45. The molecule has 2 nitrogen and oxygen atoms in total. The monoisotopic (exact) mass is 224 g/mol. The first-order valence-corrected chi connectivity index (χ1v) is 5.81. The van der Waals surface area contributed by atoms with Crippen molar-refractivity contribution in [1.82, 2.24) is 0 Å². The molecule has 0 amide bonds. The standard InChI is InChI=1S/C13H17FO2/c1-9(15)12-7-6-11(8-13(12)14)16-10-4-2-3-5-10/h6-10,15H,2-5H2,1H3/t9-/m0/s1. The van der Waals surface area contributed by atoms with Gasteiger partial charge in [0.15, 0.2) is 0 Å². The van der Waals surface area contributed by atoms with Crippen molar-refractivity contribution in [2.24, 2.45) is 0 Å². The van der Waals surface area contributed by atoms with E-state index >= 15 is 0 Å². The second kappa shape index (κ2) is 4.83. The van der Waals surface area contributed by atoms with Gasteiger partial charge in [0, 0.05) is 11.6 Å². The van der Waals surface area contributed by atoms with Crippen molar-refractivity contribution in [2.45, 2.75) is 44.8 Å². The molecule has 1 aliphatic rings. The van der Waals surface area contributed by atoms with Crippen molar-refractivity contribution in [3.63, 3.8) is 0 Å². The molecule has 0 bridgehead atoms. The predicted octanol–water partition coefficient (Wildman–Crippen LogP) is 3.20. The summed E-state index contributed by atoms with van der Waals surface area (Å²) in [5.74, 6) is 0.166. The first kappa shape index (κ1) is 11.4. The fourth-order valence-corrected chi connectivity index (χ4v) is 2.12. The highest BCUT2D eigenvalue weighted by molar-refractivity contribution is 5.30. The molecule has 0 heterocycles. The molecule has 1 fully saturated rings. The summed E-state index contributed by atoms with van der Waals surface area (Å²) < 4.78 is 19.2. The van der Waals surface area contributed by atoms with Crippen LogP contribution in [0, 0.1) is 5.82 Å². The Labute approximate surface area is 95.1 Å². The number of ether oxygens (including phenoxy) is 1. The molecule has 88 valence electrons. The molecule has 1 N–H and O–H groups in total. The van der Waals surface area contributed by atoms with Gasteiger partial charge in [-0.25, -0.2) is 4.39 Å². The second-order valence-corrected chi connectivity index (χ2v) is 4.38. The summed E-state index contributed by atoms with van der Waals surface area (Å²) in [4.78, 5) is 0. The van der Waals surface area contributed by atoms with Gasteiger partial charge in [-0.15, -0.1) is 0 Å². The van der Waals surface area contributed by atoms with Crippen molar-refractivity contribution in [3.8, 4) is 5.75 Å². The van der Waals surface area contributed by atoms with Crippen molar-refractivity contribution < 1.29 is 14.2 Å². The van der Waals surface area contributed by atoms with E-state index in [4.69, 9.17) is 4.74 Å². The minimum absolute atomic E-state index is 0.233. The molecule has 1 aliphatic carbocycles. The average molecular weight is 224 g/mol. The fourth-order valence-electron chi connectivity index (χ4n) is 2.12. The third kappa shape index (κ3) is 2.53. The summed E-state index contributed by atoms with van der Waals surface area (Å²) in [5, 5.41) is 9.30. The molecule has 0 unspecified atom stereocenters. The Morgan fingerprint density at radius 3 is 2.62 bits per heavy atom. The predicted molar refractivity (Wildman–Crippen MR) is 59.9 cm³/mol. The van der Waals surface area contributed by atoms with E-state index in [-0.39, 0.29) is 6.10 Å². The Morgan fingerprint density at radius 1 is 1.38 bits per heavy atom. The third-order valence-electron chi connectivity index (χ3n) is 3.03. The molecular formula is C13H17FO2. The second-order valence-electron chi connectivity index (χ2n) is 4.38. The molecule has 3 heteroatoms. The van der Waals surface area contributed by atoms with Gasteiger partial charge in [0.2, 0.25) is 0 Å². The molecule has 0 spiro atoms. The van der Waals surface area contributed by atoms with Crippen LogP contribution in [-0.2, 0) is 0 Å². The summed E-state index contributed by atoms with van der Waals surface area (Å²) in [5.41, 5.74) is 0.318. The minimum Gasteiger partial charge on any atom is -0.490 e. The Kier molecular flexibility index (Phi) is 3.44. The zero-order valence-electron chi connectivity index (χ0n) is 9.45. The Balaban J connectivity index is 2.08. The number of rotatable bonds is 3. The molecule has 0 aromatic heterocycles. The van der Waals surface area contributed by atoms with E-state index in [9.17, 15) is 9.50 Å². The van der Waals surface area contributed by atoms with Crippen LogP contribution in [-0.4, -0.2) is 11.2 Å². The van der Waals surface area contributed by atoms with E-state index in [1.54, 1.807) is 19.1 Å². The van der Waals surface area contributed by atoms with E-state index in [2.05, 4.69) is 0 Å². The first-order valence-electron chi connectivity index (χ1n) is 5.81. The lowest BCUT2D eigenvalue weighted by Crippen LogP contribution is -2.11. The highest BCUT2D eigenvalue weighted by Gasteiger charge is 2.17. The SMILES string of the molecule is C[C@H](O)c1ccc(OC2CCCC2)cc1F. The maximum atomic E-state index is 13.5. The zero-order chi connectivity index (χ0) is 11.5. The van der Waals surface area contributed by atoms with Crippen LogP contribution in [0.3, 0.4) is 0 Å². The molecule has 0 radical (unpaired) electrons. The Bertz CT molecular complexity index is 357. The number of hydrogen-bond donors (Lipinski definition) is 1. The van der Waals surface area contributed by atoms with Gasteiger partial charge in [-0.1, -0.05) is 0 Å². The van der Waals surface area contributed by atoms with Gasteiger partial charge in [-0.3, -0.25) is 0 Å². The van der Waals surface area contributed by atoms with Crippen LogP contribution in [0.4, 0.5) is 4.39 Å². The summed E-state index contributed by atoms with van der Waals surface area (Å²) >= 11 is 0. The van der Waals surface area contributed by atoms with Crippen molar-refractivity contribution >= 4 is 0 Å². The Morgan fingerprint density at radius 2 is 2.06 bits per heavy atom. The van der Waals surface area contributed by atoms with E-state index < -0.39 is 11.9 Å². The summed E-state index contributed by atoms with van der Waals surface area (Å²) in [6.45, 7) is 1.55. The Hall–Kier alpha value is -1.09. The fraction of sp³-hybridized carbons (Fsp3) is 0.538. The van der Waals surface area contributed by atoms with Gasteiger partial charge >= 0.3 is 0 Å². The number of aliphatic hydroxyl groups is 1.